The van der Waals surface area contributed by atoms with E-state index in [1.54, 1.807) is 0 Å². The van der Waals surface area contributed by atoms with Crippen LogP contribution in [0.5, 0.6) is 0 Å². The summed E-state index contributed by atoms with van der Waals surface area (Å²) in [5.41, 5.74) is 6.26. The number of nitrogens with zero attached hydrogens (tertiary/aromatic N) is 2. The minimum Gasteiger partial charge on any atom is -1.00 e. The molecular formula is C19H18BrFN2. The van der Waals surface area contributed by atoms with Crippen molar-refractivity contribution >= 4 is 22.8 Å². The van der Waals surface area contributed by atoms with E-state index in [1.807, 2.05) is 12.1 Å². The summed E-state index contributed by atoms with van der Waals surface area (Å²) in [6.07, 6.45) is 3.19. The second-order valence-corrected chi connectivity index (χ2v) is 5.99. The van der Waals surface area contributed by atoms with Gasteiger partial charge in [-0.2, -0.15) is 4.58 Å². The smallest absolute Gasteiger partial charge is 0.205 e. The van der Waals surface area contributed by atoms with Gasteiger partial charge in [0, 0.05) is 36.5 Å². The topological polar surface area (TPSA) is 7.94 Å². The van der Waals surface area contributed by atoms with Crippen LogP contribution in [-0.2, 0) is 13.5 Å². The van der Waals surface area contributed by atoms with Gasteiger partial charge in [0.1, 0.15) is 11.5 Å². The highest BCUT2D eigenvalue weighted by Gasteiger charge is 2.24. The average Bonchev–Trinajstić information content (AvgIpc) is 2.80. The Hall–Kier alpha value is -1.94. The van der Waals surface area contributed by atoms with Gasteiger partial charge in [0.2, 0.25) is 5.69 Å². The lowest BCUT2D eigenvalue weighted by Gasteiger charge is -2.10. The number of benzene rings is 2. The third-order valence-corrected chi connectivity index (χ3v) is 4.55. The predicted molar refractivity (Wildman–Crippen MR) is 87.7 cm³/mol. The maximum Gasteiger partial charge on any atom is 0.205 e. The summed E-state index contributed by atoms with van der Waals surface area (Å²) in [4.78, 5) is 0. The fraction of sp³-hybridized carbons (Fsp3) is 0.211. The van der Waals surface area contributed by atoms with Gasteiger partial charge >= 0.3 is 0 Å². The molecule has 1 aliphatic rings. The fourth-order valence-electron chi connectivity index (χ4n) is 3.36. The Morgan fingerprint density at radius 1 is 1.09 bits per heavy atom. The molecule has 2 heterocycles. The van der Waals surface area contributed by atoms with Crippen LogP contribution in [0.25, 0.3) is 10.9 Å². The molecule has 0 N–H and O–H groups in total. The molecule has 0 saturated carbocycles. The Morgan fingerprint density at radius 3 is 2.57 bits per heavy atom. The lowest BCUT2D eigenvalue weighted by molar-refractivity contribution is -0.436. The summed E-state index contributed by atoms with van der Waals surface area (Å²) in [5, 5.41) is 1.35. The van der Waals surface area contributed by atoms with Crippen molar-refractivity contribution in [3.8, 4) is 0 Å². The zero-order chi connectivity index (χ0) is 15.3. The standard InChI is InChI=1S/C19H18FN2.BrH/c1-13-3-8-18-17(11-13)16-9-10-22(12-19(16)21(18)2)15-6-4-14(20)5-7-15;/h3-8,11-12H,9-10H2,1-2H3;1H/q+1;/p-1. The SMILES string of the molecule is Cc1ccc2c(c1)c1c(n2C)C=[N+](c2ccc(F)cc2)CC1.[Br-]. The number of aryl methyl sites for hydroxylation is 2. The molecule has 0 amide bonds. The summed E-state index contributed by atoms with van der Waals surface area (Å²) in [7, 11) is 2.11. The first-order chi connectivity index (χ1) is 10.6. The summed E-state index contributed by atoms with van der Waals surface area (Å²) < 4.78 is 17.6. The monoisotopic (exact) mass is 372 g/mol. The number of halogens is 2. The molecule has 3 aromatic rings. The van der Waals surface area contributed by atoms with Gasteiger partial charge in [-0.25, -0.2) is 4.39 Å². The van der Waals surface area contributed by atoms with Crippen LogP contribution in [0.3, 0.4) is 0 Å². The number of aromatic nitrogens is 1. The first kappa shape index (κ1) is 15.9. The van der Waals surface area contributed by atoms with Gasteiger partial charge in [0.15, 0.2) is 12.8 Å². The first-order valence-electron chi connectivity index (χ1n) is 7.58. The quantitative estimate of drug-likeness (QED) is 0.562. The van der Waals surface area contributed by atoms with Crippen molar-refractivity contribution in [3.05, 3.63) is 65.1 Å². The Kier molecular flexibility index (Phi) is 4.11. The van der Waals surface area contributed by atoms with Crippen molar-refractivity contribution in [1.82, 2.24) is 4.57 Å². The highest BCUT2D eigenvalue weighted by Crippen LogP contribution is 2.29. The Bertz CT molecular complexity index is 907. The molecule has 4 heteroatoms. The van der Waals surface area contributed by atoms with Gasteiger partial charge in [-0.3, -0.25) is 0 Å². The number of rotatable bonds is 1. The minimum atomic E-state index is -0.193. The number of hydrogen-bond acceptors (Lipinski definition) is 0. The summed E-state index contributed by atoms with van der Waals surface area (Å²) in [5.74, 6) is -0.193. The van der Waals surface area contributed by atoms with Crippen molar-refractivity contribution in [2.45, 2.75) is 13.3 Å². The Balaban J connectivity index is 0.00000156. The highest BCUT2D eigenvalue weighted by molar-refractivity contribution is 5.94. The lowest BCUT2D eigenvalue weighted by atomic mass is 10.0. The molecule has 0 saturated heterocycles. The lowest BCUT2D eigenvalue weighted by Crippen LogP contribution is -3.00. The number of hydrogen-bond donors (Lipinski definition) is 0. The van der Waals surface area contributed by atoms with E-state index in [4.69, 9.17) is 0 Å². The molecule has 0 bridgehead atoms. The Morgan fingerprint density at radius 2 is 1.83 bits per heavy atom. The van der Waals surface area contributed by atoms with E-state index in [-0.39, 0.29) is 22.8 Å². The van der Waals surface area contributed by atoms with Crippen molar-refractivity contribution < 1.29 is 25.9 Å². The van der Waals surface area contributed by atoms with Gasteiger partial charge in [0.05, 0.1) is 0 Å². The van der Waals surface area contributed by atoms with Crippen molar-refractivity contribution in [1.29, 1.82) is 0 Å². The van der Waals surface area contributed by atoms with Crippen LogP contribution >= 0.6 is 0 Å². The van der Waals surface area contributed by atoms with E-state index < -0.39 is 0 Å². The molecule has 2 nitrogen and oxygen atoms in total. The van der Waals surface area contributed by atoms with Crippen LogP contribution in [0.1, 0.15) is 16.8 Å². The zero-order valence-corrected chi connectivity index (χ0v) is 14.8. The van der Waals surface area contributed by atoms with Gasteiger partial charge < -0.3 is 21.5 Å². The molecule has 0 unspecified atom stereocenters. The molecule has 0 spiro atoms. The van der Waals surface area contributed by atoms with E-state index >= 15 is 0 Å². The van der Waals surface area contributed by atoms with E-state index in [1.165, 1.54) is 39.9 Å². The maximum atomic E-state index is 13.1. The summed E-state index contributed by atoms with van der Waals surface area (Å²) >= 11 is 0. The second-order valence-electron chi connectivity index (χ2n) is 5.99. The van der Waals surface area contributed by atoms with E-state index in [0.717, 1.165) is 18.7 Å². The van der Waals surface area contributed by atoms with Crippen LogP contribution in [0.2, 0.25) is 0 Å². The van der Waals surface area contributed by atoms with Crippen LogP contribution in [0.4, 0.5) is 10.1 Å². The molecule has 2 aromatic carbocycles. The first-order valence-corrected chi connectivity index (χ1v) is 7.58. The third kappa shape index (κ3) is 2.61. The normalized spacial score (nSPS) is 13.4. The van der Waals surface area contributed by atoms with Crippen molar-refractivity contribution in [2.75, 3.05) is 6.54 Å². The molecule has 0 atom stereocenters. The summed E-state index contributed by atoms with van der Waals surface area (Å²) in [6, 6.07) is 13.3. The molecule has 23 heavy (non-hydrogen) atoms. The minimum absolute atomic E-state index is 0. The largest absolute Gasteiger partial charge is 1.00 e. The maximum absolute atomic E-state index is 13.1. The molecule has 1 aromatic heterocycles. The van der Waals surface area contributed by atoms with Crippen LogP contribution < -0.4 is 17.0 Å². The molecule has 1 aliphatic heterocycles. The molecule has 0 radical (unpaired) electrons. The van der Waals surface area contributed by atoms with E-state index in [2.05, 4.69) is 47.5 Å². The number of fused-ring (bicyclic) bond motifs is 3. The second kappa shape index (κ2) is 5.93. The van der Waals surface area contributed by atoms with Gasteiger partial charge in [-0.15, -0.1) is 0 Å². The Labute approximate surface area is 145 Å². The molecule has 4 rings (SSSR count). The molecule has 0 aliphatic carbocycles. The van der Waals surface area contributed by atoms with Crippen molar-refractivity contribution in [2.24, 2.45) is 7.05 Å². The average molecular weight is 373 g/mol. The van der Waals surface area contributed by atoms with Gasteiger partial charge in [-0.1, -0.05) is 11.6 Å². The van der Waals surface area contributed by atoms with Gasteiger partial charge in [-0.05, 0) is 36.8 Å². The molecular weight excluding hydrogens is 355 g/mol. The fourth-order valence-corrected chi connectivity index (χ4v) is 3.36. The van der Waals surface area contributed by atoms with E-state index in [9.17, 15) is 4.39 Å². The van der Waals surface area contributed by atoms with Gasteiger partial charge in [0.25, 0.3) is 0 Å². The molecule has 118 valence electrons. The predicted octanol–water partition coefficient (Wildman–Crippen LogP) is 0.949. The van der Waals surface area contributed by atoms with Crippen molar-refractivity contribution in [3.63, 3.8) is 0 Å². The summed E-state index contributed by atoms with van der Waals surface area (Å²) in [6.45, 7) is 3.06. The zero-order valence-electron chi connectivity index (χ0n) is 13.2. The molecule has 0 fully saturated rings. The van der Waals surface area contributed by atoms with Crippen LogP contribution in [0.15, 0.2) is 42.5 Å². The van der Waals surface area contributed by atoms with Crippen LogP contribution in [0, 0.1) is 12.7 Å². The van der Waals surface area contributed by atoms with E-state index in [0.29, 0.717) is 0 Å². The highest BCUT2D eigenvalue weighted by atomic mass is 79.9. The van der Waals surface area contributed by atoms with Crippen LogP contribution in [-0.4, -0.2) is 21.9 Å². The third-order valence-electron chi connectivity index (χ3n) is 4.55.